The Kier molecular flexibility index (Phi) is 9.41. The van der Waals surface area contributed by atoms with Gasteiger partial charge in [0.2, 0.25) is 12.2 Å². The number of hydrogen-bond donors (Lipinski definition) is 1. The Morgan fingerprint density at radius 3 is 2.04 bits per heavy atom. The first kappa shape index (κ1) is 23.4. The highest BCUT2D eigenvalue weighted by molar-refractivity contribution is 5.74. The van der Waals surface area contributed by atoms with Crippen LogP contribution in [0.5, 0.6) is 0 Å². The van der Waals surface area contributed by atoms with Gasteiger partial charge in [-0.3, -0.25) is 19.2 Å². The van der Waals surface area contributed by atoms with Gasteiger partial charge in [-0.05, 0) is 0 Å². The summed E-state index contributed by atoms with van der Waals surface area (Å²) in [4.78, 5) is 46.3. The Labute approximate surface area is 163 Å². The molecule has 0 unspecified atom stereocenters. The molecule has 10 heteroatoms. The number of amides is 1. The second kappa shape index (κ2) is 11.3. The van der Waals surface area contributed by atoms with E-state index in [2.05, 4.69) is 11.2 Å². The highest BCUT2D eigenvalue weighted by Gasteiger charge is 2.51. The fraction of sp³-hybridized carbons (Fsp3) is 0.667. The standard InChI is InChI=1S/C18H25NO9/c1-6-7-8-24-9-14-16(25-11(3)21)17(26-12(4)22)15(19-10(2)20)18(28-14)27-13(5)23/h1,14-18H,7-9H2,2-5H3,(H,19,20)/t14-,15-,16+,17-,18-/m1/s1. The number of nitrogens with one attached hydrogen (secondary N) is 1. The third-order valence-electron chi connectivity index (χ3n) is 3.58. The molecular formula is C18H25NO9. The summed E-state index contributed by atoms with van der Waals surface area (Å²) in [5.41, 5.74) is 0. The van der Waals surface area contributed by atoms with Crippen LogP contribution in [0.15, 0.2) is 0 Å². The summed E-state index contributed by atoms with van der Waals surface area (Å²) in [5.74, 6) is -0.111. The Hall–Kier alpha value is -2.64. The maximum absolute atomic E-state index is 11.6. The van der Waals surface area contributed by atoms with Gasteiger partial charge in [-0.25, -0.2) is 0 Å². The number of rotatable bonds is 8. The Morgan fingerprint density at radius 1 is 0.964 bits per heavy atom. The lowest BCUT2D eigenvalue weighted by molar-refractivity contribution is -0.271. The van der Waals surface area contributed by atoms with Crippen LogP contribution in [0, 0.1) is 12.3 Å². The summed E-state index contributed by atoms with van der Waals surface area (Å²) >= 11 is 0. The van der Waals surface area contributed by atoms with Crippen LogP contribution in [0.25, 0.3) is 0 Å². The van der Waals surface area contributed by atoms with Gasteiger partial charge >= 0.3 is 17.9 Å². The normalized spacial score (nSPS) is 26.5. The fourth-order valence-corrected chi connectivity index (χ4v) is 2.69. The van der Waals surface area contributed by atoms with E-state index in [4.69, 9.17) is 30.1 Å². The lowest BCUT2D eigenvalue weighted by Crippen LogP contribution is -2.66. The predicted octanol–water partition coefficient (Wildman–Crippen LogP) is -0.318. The van der Waals surface area contributed by atoms with Crippen molar-refractivity contribution in [2.75, 3.05) is 13.2 Å². The van der Waals surface area contributed by atoms with Gasteiger partial charge < -0.3 is 29.0 Å². The number of carbonyl (C=O) groups is 4. The highest BCUT2D eigenvalue weighted by atomic mass is 16.7. The van der Waals surface area contributed by atoms with Gasteiger partial charge in [0.15, 0.2) is 12.2 Å². The van der Waals surface area contributed by atoms with Gasteiger partial charge in [0.05, 0.1) is 13.2 Å². The van der Waals surface area contributed by atoms with Gasteiger partial charge in [0.1, 0.15) is 12.1 Å². The van der Waals surface area contributed by atoms with Crippen molar-refractivity contribution in [1.82, 2.24) is 5.32 Å². The van der Waals surface area contributed by atoms with Gasteiger partial charge in [-0.2, -0.15) is 0 Å². The van der Waals surface area contributed by atoms with E-state index in [-0.39, 0.29) is 13.2 Å². The zero-order chi connectivity index (χ0) is 21.3. The van der Waals surface area contributed by atoms with Crippen molar-refractivity contribution in [2.45, 2.75) is 64.8 Å². The molecule has 1 N–H and O–H groups in total. The van der Waals surface area contributed by atoms with Gasteiger partial charge in [0.25, 0.3) is 0 Å². The van der Waals surface area contributed by atoms with E-state index >= 15 is 0 Å². The van der Waals surface area contributed by atoms with E-state index in [1.54, 1.807) is 0 Å². The van der Waals surface area contributed by atoms with E-state index in [1.807, 2.05) is 0 Å². The van der Waals surface area contributed by atoms with Crippen LogP contribution in [0.3, 0.4) is 0 Å². The van der Waals surface area contributed by atoms with E-state index in [0.717, 1.165) is 13.8 Å². The van der Waals surface area contributed by atoms with Crippen molar-refractivity contribution in [2.24, 2.45) is 0 Å². The number of ether oxygens (including phenoxy) is 5. The quantitative estimate of drug-likeness (QED) is 0.253. The average molecular weight is 399 g/mol. The first-order valence-electron chi connectivity index (χ1n) is 8.61. The first-order valence-corrected chi connectivity index (χ1v) is 8.61. The van der Waals surface area contributed by atoms with Crippen LogP contribution in [0.4, 0.5) is 0 Å². The lowest BCUT2D eigenvalue weighted by Gasteiger charge is -2.44. The summed E-state index contributed by atoms with van der Waals surface area (Å²) in [6.07, 6.45) is 0.993. The molecule has 0 aromatic rings. The van der Waals surface area contributed by atoms with E-state index in [0.29, 0.717) is 6.42 Å². The smallest absolute Gasteiger partial charge is 0.305 e. The van der Waals surface area contributed by atoms with Crippen molar-refractivity contribution < 1.29 is 42.9 Å². The van der Waals surface area contributed by atoms with Crippen molar-refractivity contribution in [3.63, 3.8) is 0 Å². The predicted molar refractivity (Wildman–Crippen MR) is 93.4 cm³/mol. The number of carbonyl (C=O) groups excluding carboxylic acids is 4. The molecule has 1 aliphatic rings. The average Bonchev–Trinajstić information content (AvgIpc) is 2.56. The van der Waals surface area contributed by atoms with Crippen LogP contribution in [-0.2, 0) is 42.9 Å². The number of hydrogen-bond acceptors (Lipinski definition) is 9. The Morgan fingerprint density at radius 2 is 1.54 bits per heavy atom. The first-order chi connectivity index (χ1) is 13.1. The Bertz CT molecular complexity index is 627. The lowest BCUT2D eigenvalue weighted by atomic mass is 9.96. The molecule has 1 rings (SSSR count). The second-order valence-corrected chi connectivity index (χ2v) is 6.06. The minimum Gasteiger partial charge on any atom is -0.456 e. The molecule has 0 radical (unpaired) electrons. The zero-order valence-electron chi connectivity index (χ0n) is 16.3. The van der Waals surface area contributed by atoms with Gasteiger partial charge in [0, 0.05) is 34.1 Å². The van der Waals surface area contributed by atoms with Crippen LogP contribution in [-0.4, -0.2) is 67.7 Å². The third-order valence-corrected chi connectivity index (χ3v) is 3.58. The van der Waals surface area contributed by atoms with Crippen molar-refractivity contribution in [3.05, 3.63) is 0 Å². The third kappa shape index (κ3) is 7.54. The zero-order valence-corrected chi connectivity index (χ0v) is 16.3. The molecule has 0 aromatic heterocycles. The van der Waals surface area contributed by atoms with Gasteiger partial charge in [-0.15, -0.1) is 12.3 Å². The molecule has 1 heterocycles. The molecule has 156 valence electrons. The SMILES string of the molecule is C#CCCOC[C@H]1O[C@@H](OC(C)=O)[C@H](NC(C)=O)[C@@H](OC(C)=O)[C@H]1OC(C)=O. The van der Waals surface area contributed by atoms with Crippen molar-refractivity contribution >= 4 is 23.8 Å². The topological polar surface area (TPSA) is 126 Å². The van der Waals surface area contributed by atoms with Crippen LogP contribution >= 0.6 is 0 Å². The summed E-state index contributed by atoms with van der Waals surface area (Å²) in [6, 6.07) is -1.10. The molecule has 1 aliphatic heterocycles. The van der Waals surface area contributed by atoms with Crippen molar-refractivity contribution in [1.29, 1.82) is 0 Å². The molecular weight excluding hydrogens is 374 g/mol. The van der Waals surface area contributed by atoms with E-state index in [9.17, 15) is 19.2 Å². The van der Waals surface area contributed by atoms with Crippen LogP contribution < -0.4 is 5.32 Å². The minimum atomic E-state index is -1.29. The molecule has 0 saturated carbocycles. The Balaban J connectivity index is 3.20. The summed E-state index contributed by atoms with van der Waals surface area (Å²) in [5, 5.41) is 2.52. The maximum Gasteiger partial charge on any atom is 0.305 e. The summed E-state index contributed by atoms with van der Waals surface area (Å²) < 4.78 is 26.9. The summed E-state index contributed by atoms with van der Waals surface area (Å²) in [6.45, 7) is 4.85. The highest BCUT2D eigenvalue weighted by Crippen LogP contribution is 2.28. The monoisotopic (exact) mass is 399 g/mol. The van der Waals surface area contributed by atoms with Crippen LogP contribution in [0.1, 0.15) is 34.1 Å². The molecule has 0 spiro atoms. The molecule has 1 saturated heterocycles. The fourth-order valence-electron chi connectivity index (χ4n) is 2.69. The largest absolute Gasteiger partial charge is 0.456 e. The number of esters is 3. The number of terminal acetylenes is 1. The van der Waals surface area contributed by atoms with Crippen molar-refractivity contribution in [3.8, 4) is 12.3 Å². The molecule has 5 atom stereocenters. The van der Waals surface area contributed by atoms with E-state index in [1.165, 1.54) is 13.8 Å². The van der Waals surface area contributed by atoms with E-state index < -0.39 is 54.5 Å². The van der Waals surface area contributed by atoms with Gasteiger partial charge in [-0.1, -0.05) is 0 Å². The van der Waals surface area contributed by atoms with Crippen LogP contribution in [0.2, 0.25) is 0 Å². The minimum absolute atomic E-state index is 0.0814. The summed E-state index contributed by atoms with van der Waals surface area (Å²) in [7, 11) is 0. The molecule has 10 nitrogen and oxygen atoms in total. The molecule has 1 amide bonds. The molecule has 0 aliphatic carbocycles. The molecule has 28 heavy (non-hydrogen) atoms. The molecule has 0 aromatic carbocycles. The maximum atomic E-state index is 11.6. The second-order valence-electron chi connectivity index (χ2n) is 6.06. The molecule has 0 bridgehead atoms. The molecule has 1 fully saturated rings.